The van der Waals surface area contributed by atoms with Crippen LogP contribution in [0.2, 0.25) is 0 Å². The van der Waals surface area contributed by atoms with Crippen molar-refractivity contribution in [3.63, 3.8) is 0 Å². The van der Waals surface area contributed by atoms with Gasteiger partial charge in [-0.2, -0.15) is 13.2 Å². The van der Waals surface area contributed by atoms with Crippen molar-refractivity contribution in [1.29, 1.82) is 0 Å². The number of oxime groups is 1. The second-order valence-electron chi connectivity index (χ2n) is 3.91. The first-order valence-corrected chi connectivity index (χ1v) is 6.28. The Balaban J connectivity index is 3.27. The molecule has 9 heteroatoms. The van der Waals surface area contributed by atoms with Gasteiger partial charge in [-0.05, 0) is 18.2 Å². The molecular weight excluding hydrogens is 343 g/mol. The highest BCUT2D eigenvalue weighted by Crippen LogP contribution is 2.28. The number of alkyl halides is 3. The fourth-order valence-electron chi connectivity index (χ4n) is 1.66. The van der Waals surface area contributed by atoms with Gasteiger partial charge in [-0.3, -0.25) is 0 Å². The fraction of sp³-hybridized carbons (Fsp3) is 0.364. The second-order valence-corrected chi connectivity index (χ2v) is 4.82. The summed E-state index contributed by atoms with van der Waals surface area (Å²) in [4.78, 5) is 0.915. The maximum atomic E-state index is 12.6. The topological polar surface area (TPSA) is 82.1 Å². The van der Waals surface area contributed by atoms with Gasteiger partial charge in [-0.15, -0.1) is 0 Å². The predicted molar refractivity (Wildman–Crippen MR) is 72.0 cm³/mol. The van der Waals surface area contributed by atoms with E-state index in [9.17, 15) is 13.2 Å². The third-order valence-corrected chi connectivity index (χ3v) is 2.92. The van der Waals surface area contributed by atoms with Crippen molar-refractivity contribution in [3.8, 4) is 0 Å². The number of nitrogens with two attached hydrogens (primary N) is 1. The summed E-state index contributed by atoms with van der Waals surface area (Å²) in [7, 11) is 0. The molecule has 0 saturated carbocycles. The van der Waals surface area contributed by atoms with E-state index in [4.69, 9.17) is 16.0 Å². The van der Waals surface area contributed by atoms with Crippen LogP contribution in [0.5, 0.6) is 0 Å². The maximum absolute atomic E-state index is 12.6. The minimum Gasteiger partial charge on any atom is -0.409 e. The zero-order valence-electron chi connectivity index (χ0n) is 10.2. The Morgan fingerprint density at radius 3 is 2.55 bits per heavy atom. The quantitative estimate of drug-likeness (QED) is 0.326. The monoisotopic (exact) mass is 355 g/mol. The van der Waals surface area contributed by atoms with E-state index in [0.29, 0.717) is 4.47 Å². The molecule has 0 saturated heterocycles. The lowest BCUT2D eigenvalue weighted by Gasteiger charge is -2.27. The van der Waals surface area contributed by atoms with Gasteiger partial charge in [0.05, 0.1) is 6.61 Å². The Hall–Kier alpha value is -1.48. The number of amidine groups is 1. The molecule has 1 aromatic rings. The van der Waals surface area contributed by atoms with Gasteiger partial charge in [0.25, 0.3) is 0 Å². The Morgan fingerprint density at radius 2 is 2.05 bits per heavy atom. The maximum Gasteiger partial charge on any atom is 0.405 e. The van der Waals surface area contributed by atoms with Gasteiger partial charge in [0.2, 0.25) is 0 Å². The van der Waals surface area contributed by atoms with Crippen LogP contribution in [0.1, 0.15) is 5.56 Å². The van der Waals surface area contributed by atoms with E-state index >= 15 is 0 Å². The molecule has 0 aliphatic heterocycles. The molecule has 20 heavy (non-hydrogen) atoms. The highest BCUT2D eigenvalue weighted by molar-refractivity contribution is 9.10. The van der Waals surface area contributed by atoms with E-state index in [0.717, 1.165) is 4.90 Å². The fourth-order valence-corrected chi connectivity index (χ4v) is 2.01. The Labute approximate surface area is 121 Å². The third-order valence-electron chi connectivity index (χ3n) is 2.42. The molecule has 0 atom stereocenters. The normalized spacial score (nSPS) is 12.6. The number of aliphatic hydroxyl groups excluding tert-OH is 1. The number of rotatable bonds is 5. The summed E-state index contributed by atoms with van der Waals surface area (Å²) in [5.74, 6) is -0.308. The molecule has 112 valence electrons. The molecule has 0 bridgehead atoms. The van der Waals surface area contributed by atoms with Crippen LogP contribution in [-0.4, -0.2) is 42.0 Å². The molecule has 0 amide bonds. The average Bonchev–Trinajstić information content (AvgIpc) is 2.35. The first-order chi connectivity index (χ1) is 9.28. The van der Waals surface area contributed by atoms with Crippen molar-refractivity contribution in [3.05, 3.63) is 28.2 Å². The number of halogens is 4. The van der Waals surface area contributed by atoms with Crippen molar-refractivity contribution in [2.24, 2.45) is 10.9 Å². The summed E-state index contributed by atoms with van der Waals surface area (Å²) in [5.41, 5.74) is 5.72. The molecule has 0 unspecified atom stereocenters. The van der Waals surface area contributed by atoms with E-state index in [1.165, 1.54) is 12.1 Å². The van der Waals surface area contributed by atoms with Crippen LogP contribution in [0, 0.1) is 0 Å². The molecule has 0 spiro atoms. The predicted octanol–water partition coefficient (Wildman–Crippen LogP) is 1.90. The highest BCUT2D eigenvalue weighted by Gasteiger charge is 2.31. The van der Waals surface area contributed by atoms with E-state index in [-0.39, 0.29) is 23.6 Å². The van der Waals surface area contributed by atoms with Gasteiger partial charge in [-0.1, -0.05) is 21.1 Å². The first-order valence-electron chi connectivity index (χ1n) is 5.48. The molecule has 1 rings (SSSR count). The van der Waals surface area contributed by atoms with Crippen LogP contribution < -0.4 is 10.6 Å². The molecule has 1 aromatic carbocycles. The average molecular weight is 356 g/mol. The standard InChI is InChI=1S/C11H13BrF3N3O2/c12-7-1-2-8(10(16)17-20)9(5-7)18(3-4-19)6-11(13,14)15/h1-2,5,19-20H,3-4,6H2,(H2,16,17). The lowest BCUT2D eigenvalue weighted by atomic mass is 10.1. The Kier molecular flexibility index (Phi) is 5.63. The first kappa shape index (κ1) is 16.6. The minimum atomic E-state index is -4.44. The summed E-state index contributed by atoms with van der Waals surface area (Å²) in [5, 5.41) is 20.4. The number of benzene rings is 1. The molecular formula is C11H13BrF3N3O2. The summed E-state index contributed by atoms with van der Waals surface area (Å²) in [6, 6.07) is 4.39. The van der Waals surface area contributed by atoms with E-state index in [1.54, 1.807) is 6.07 Å². The van der Waals surface area contributed by atoms with Crippen molar-refractivity contribution >= 4 is 27.5 Å². The smallest absolute Gasteiger partial charge is 0.405 e. The van der Waals surface area contributed by atoms with Crippen LogP contribution >= 0.6 is 15.9 Å². The van der Waals surface area contributed by atoms with Gasteiger partial charge < -0.3 is 20.9 Å². The SMILES string of the molecule is N/C(=N/O)c1ccc(Br)cc1N(CCO)CC(F)(F)F. The molecule has 0 aliphatic rings. The number of hydrogen-bond acceptors (Lipinski definition) is 4. The molecule has 0 fully saturated rings. The lowest BCUT2D eigenvalue weighted by Crippen LogP contribution is -2.37. The number of anilines is 1. The summed E-state index contributed by atoms with van der Waals surface area (Å²) >= 11 is 3.15. The zero-order chi connectivity index (χ0) is 15.3. The van der Waals surface area contributed by atoms with E-state index < -0.39 is 19.3 Å². The van der Waals surface area contributed by atoms with Crippen LogP contribution in [0.4, 0.5) is 18.9 Å². The number of aliphatic hydroxyl groups is 1. The summed E-state index contributed by atoms with van der Waals surface area (Å²) < 4.78 is 38.3. The van der Waals surface area contributed by atoms with Crippen molar-refractivity contribution in [1.82, 2.24) is 0 Å². The van der Waals surface area contributed by atoms with Crippen LogP contribution in [0.3, 0.4) is 0 Å². The summed E-state index contributed by atoms with van der Waals surface area (Å²) in [6.45, 7) is -1.95. The third kappa shape index (κ3) is 4.57. The summed E-state index contributed by atoms with van der Waals surface area (Å²) in [6.07, 6.45) is -4.44. The van der Waals surface area contributed by atoms with E-state index in [2.05, 4.69) is 21.1 Å². The van der Waals surface area contributed by atoms with Gasteiger partial charge in [0.1, 0.15) is 6.54 Å². The van der Waals surface area contributed by atoms with Gasteiger partial charge in [0, 0.05) is 22.3 Å². The van der Waals surface area contributed by atoms with Crippen LogP contribution in [-0.2, 0) is 0 Å². The van der Waals surface area contributed by atoms with E-state index in [1.807, 2.05) is 0 Å². The molecule has 4 N–H and O–H groups in total. The van der Waals surface area contributed by atoms with Crippen LogP contribution in [0.15, 0.2) is 27.8 Å². The molecule has 0 aliphatic carbocycles. The highest BCUT2D eigenvalue weighted by atomic mass is 79.9. The van der Waals surface area contributed by atoms with Crippen molar-refractivity contribution < 1.29 is 23.5 Å². The minimum absolute atomic E-state index is 0.112. The number of hydrogen-bond donors (Lipinski definition) is 3. The van der Waals surface area contributed by atoms with Gasteiger partial charge in [0.15, 0.2) is 5.84 Å². The van der Waals surface area contributed by atoms with Crippen molar-refractivity contribution in [2.75, 3.05) is 24.6 Å². The Morgan fingerprint density at radius 1 is 1.40 bits per heavy atom. The molecule has 0 heterocycles. The van der Waals surface area contributed by atoms with Gasteiger partial charge >= 0.3 is 6.18 Å². The molecule has 0 radical (unpaired) electrons. The largest absolute Gasteiger partial charge is 0.409 e. The van der Waals surface area contributed by atoms with Crippen LogP contribution in [0.25, 0.3) is 0 Å². The lowest BCUT2D eigenvalue weighted by molar-refractivity contribution is -0.119. The van der Waals surface area contributed by atoms with Gasteiger partial charge in [-0.25, -0.2) is 0 Å². The number of nitrogens with zero attached hydrogens (tertiary/aromatic N) is 2. The zero-order valence-corrected chi connectivity index (χ0v) is 11.8. The molecule has 5 nitrogen and oxygen atoms in total. The second kappa shape index (κ2) is 6.80. The van der Waals surface area contributed by atoms with Crippen molar-refractivity contribution in [2.45, 2.75) is 6.18 Å². The Bertz CT molecular complexity index is 494. The molecule has 0 aromatic heterocycles.